The molecule has 0 bridgehead atoms. The summed E-state index contributed by atoms with van der Waals surface area (Å²) >= 11 is 1.23. The molecule has 0 radical (unpaired) electrons. The van der Waals surface area contributed by atoms with Gasteiger partial charge in [-0.15, -0.1) is 0 Å². The Morgan fingerprint density at radius 3 is 2.35 bits per heavy atom. The molecule has 144 valence electrons. The summed E-state index contributed by atoms with van der Waals surface area (Å²) in [7, 11) is 0. The van der Waals surface area contributed by atoms with Gasteiger partial charge in [-0.2, -0.15) is 0 Å². The molecule has 26 heavy (non-hydrogen) atoms. The molecule has 1 saturated carbocycles. The SMILES string of the molecule is CC(C)CCC1(C(=O)Nc2ccccc2SC(=O)C(C)C)CCCCC1. The lowest BCUT2D eigenvalue weighted by Crippen LogP contribution is -2.38. The van der Waals surface area contributed by atoms with Gasteiger partial charge in [0.2, 0.25) is 5.91 Å². The van der Waals surface area contributed by atoms with Crippen molar-refractivity contribution in [3.8, 4) is 0 Å². The van der Waals surface area contributed by atoms with Crippen LogP contribution in [0.1, 0.15) is 72.6 Å². The molecule has 2 rings (SSSR count). The summed E-state index contributed by atoms with van der Waals surface area (Å²) < 4.78 is 0. The third-order valence-electron chi connectivity index (χ3n) is 5.31. The highest BCUT2D eigenvalue weighted by Crippen LogP contribution is 2.42. The summed E-state index contributed by atoms with van der Waals surface area (Å²) in [5.74, 6) is 0.718. The van der Waals surface area contributed by atoms with Crippen LogP contribution in [-0.2, 0) is 9.59 Å². The van der Waals surface area contributed by atoms with Gasteiger partial charge in [-0.05, 0) is 55.5 Å². The Kier molecular flexibility index (Phi) is 7.75. The number of para-hydroxylation sites is 1. The van der Waals surface area contributed by atoms with Gasteiger partial charge in [-0.25, -0.2) is 0 Å². The van der Waals surface area contributed by atoms with Crippen molar-refractivity contribution in [3.05, 3.63) is 24.3 Å². The molecule has 1 aliphatic rings. The lowest BCUT2D eigenvalue weighted by Gasteiger charge is -2.36. The van der Waals surface area contributed by atoms with Crippen molar-refractivity contribution >= 4 is 28.5 Å². The first-order chi connectivity index (χ1) is 12.3. The van der Waals surface area contributed by atoms with E-state index in [1.54, 1.807) is 0 Å². The molecule has 1 aromatic carbocycles. The molecule has 4 heteroatoms. The number of hydrogen-bond donors (Lipinski definition) is 1. The van der Waals surface area contributed by atoms with Crippen LogP contribution in [0.25, 0.3) is 0 Å². The van der Waals surface area contributed by atoms with Crippen molar-refractivity contribution in [3.63, 3.8) is 0 Å². The summed E-state index contributed by atoms with van der Waals surface area (Å²) in [5.41, 5.74) is 0.522. The molecule has 0 aromatic heterocycles. The second kappa shape index (κ2) is 9.59. The lowest BCUT2D eigenvalue weighted by atomic mass is 9.69. The van der Waals surface area contributed by atoms with E-state index in [0.29, 0.717) is 5.92 Å². The van der Waals surface area contributed by atoms with E-state index in [-0.39, 0.29) is 22.4 Å². The highest BCUT2D eigenvalue weighted by atomic mass is 32.2. The number of thioether (sulfide) groups is 1. The predicted molar refractivity (Wildman–Crippen MR) is 110 cm³/mol. The van der Waals surface area contributed by atoms with Crippen molar-refractivity contribution in [1.29, 1.82) is 0 Å². The normalized spacial score (nSPS) is 16.7. The maximum atomic E-state index is 13.3. The number of anilines is 1. The Morgan fingerprint density at radius 1 is 1.08 bits per heavy atom. The van der Waals surface area contributed by atoms with Crippen LogP contribution in [0.2, 0.25) is 0 Å². The molecule has 0 unspecified atom stereocenters. The fourth-order valence-electron chi connectivity index (χ4n) is 3.52. The largest absolute Gasteiger partial charge is 0.325 e. The van der Waals surface area contributed by atoms with Crippen LogP contribution in [0.15, 0.2) is 29.2 Å². The highest BCUT2D eigenvalue weighted by Gasteiger charge is 2.39. The van der Waals surface area contributed by atoms with E-state index in [1.165, 1.54) is 18.2 Å². The quantitative estimate of drug-likeness (QED) is 0.570. The number of amides is 1. The first kappa shape index (κ1) is 21.0. The van der Waals surface area contributed by atoms with Crippen LogP contribution in [-0.4, -0.2) is 11.0 Å². The minimum Gasteiger partial charge on any atom is -0.325 e. The molecule has 1 fully saturated rings. The predicted octanol–water partition coefficient (Wildman–Crippen LogP) is 6.29. The Bertz CT molecular complexity index is 618. The summed E-state index contributed by atoms with van der Waals surface area (Å²) in [6, 6.07) is 7.66. The number of carbonyl (C=O) groups excluding carboxylic acids is 2. The maximum Gasteiger partial charge on any atom is 0.230 e. The van der Waals surface area contributed by atoms with Gasteiger partial charge in [0, 0.05) is 16.2 Å². The molecule has 0 atom stereocenters. The molecule has 1 N–H and O–H groups in total. The van der Waals surface area contributed by atoms with E-state index in [0.717, 1.165) is 49.1 Å². The third kappa shape index (κ3) is 5.60. The summed E-state index contributed by atoms with van der Waals surface area (Å²) in [5, 5.41) is 3.30. The van der Waals surface area contributed by atoms with Crippen LogP contribution in [0.5, 0.6) is 0 Å². The number of nitrogens with one attached hydrogen (secondary N) is 1. The molecule has 0 aliphatic heterocycles. The number of rotatable bonds is 7. The zero-order chi connectivity index (χ0) is 19.2. The van der Waals surface area contributed by atoms with E-state index >= 15 is 0 Å². The monoisotopic (exact) mass is 375 g/mol. The molecule has 1 aromatic rings. The van der Waals surface area contributed by atoms with Gasteiger partial charge in [0.15, 0.2) is 5.12 Å². The third-order valence-corrected chi connectivity index (χ3v) is 6.56. The van der Waals surface area contributed by atoms with Gasteiger partial charge < -0.3 is 5.32 Å². The van der Waals surface area contributed by atoms with Crippen LogP contribution >= 0.6 is 11.8 Å². The van der Waals surface area contributed by atoms with Gasteiger partial charge in [0.1, 0.15) is 0 Å². The topological polar surface area (TPSA) is 46.2 Å². The molecule has 1 amide bonds. The second-order valence-corrected chi connectivity index (χ2v) is 9.35. The Balaban J connectivity index is 2.17. The fourth-order valence-corrected chi connectivity index (χ4v) is 4.35. The van der Waals surface area contributed by atoms with E-state index < -0.39 is 0 Å². The molecule has 0 heterocycles. The van der Waals surface area contributed by atoms with Crippen molar-refractivity contribution in [2.45, 2.75) is 77.5 Å². The molecular formula is C22H33NO2S. The summed E-state index contributed by atoms with van der Waals surface area (Å²) in [6.07, 6.45) is 7.48. The lowest BCUT2D eigenvalue weighted by molar-refractivity contribution is -0.128. The minimum atomic E-state index is -0.248. The first-order valence-electron chi connectivity index (χ1n) is 9.96. The van der Waals surface area contributed by atoms with Crippen molar-refractivity contribution < 1.29 is 9.59 Å². The van der Waals surface area contributed by atoms with Gasteiger partial charge in [-0.1, -0.05) is 59.1 Å². The summed E-state index contributed by atoms with van der Waals surface area (Å²) in [6.45, 7) is 8.24. The molecular weight excluding hydrogens is 342 g/mol. The van der Waals surface area contributed by atoms with E-state index in [4.69, 9.17) is 0 Å². The maximum absolute atomic E-state index is 13.3. The van der Waals surface area contributed by atoms with Crippen LogP contribution in [0, 0.1) is 17.3 Å². The standard InChI is InChI=1S/C22H33NO2S/c1-16(2)12-15-22(13-8-5-9-14-22)21(25)23-18-10-6-7-11-19(18)26-20(24)17(3)4/h6-7,10-11,16-17H,5,8-9,12-15H2,1-4H3,(H,23,25). The van der Waals surface area contributed by atoms with Crippen molar-refractivity contribution in [1.82, 2.24) is 0 Å². The smallest absolute Gasteiger partial charge is 0.230 e. The summed E-state index contributed by atoms with van der Waals surface area (Å²) in [4.78, 5) is 26.3. The van der Waals surface area contributed by atoms with Crippen LogP contribution in [0.3, 0.4) is 0 Å². The molecule has 3 nitrogen and oxygen atoms in total. The molecule has 1 aliphatic carbocycles. The van der Waals surface area contributed by atoms with Crippen molar-refractivity contribution in [2.24, 2.45) is 17.3 Å². The highest BCUT2D eigenvalue weighted by molar-refractivity contribution is 8.13. The Labute approximate surface area is 162 Å². The zero-order valence-corrected chi connectivity index (χ0v) is 17.5. The number of benzene rings is 1. The molecule has 0 spiro atoms. The Hall–Kier alpha value is -1.29. The minimum absolute atomic E-state index is 0.0283. The van der Waals surface area contributed by atoms with E-state index in [2.05, 4.69) is 19.2 Å². The Morgan fingerprint density at radius 2 is 1.73 bits per heavy atom. The second-order valence-electron chi connectivity index (χ2n) is 8.30. The van der Waals surface area contributed by atoms with Gasteiger partial charge in [0.05, 0.1) is 5.69 Å². The van der Waals surface area contributed by atoms with Crippen LogP contribution < -0.4 is 5.32 Å². The number of hydrogen-bond acceptors (Lipinski definition) is 3. The number of carbonyl (C=O) groups is 2. The zero-order valence-electron chi connectivity index (χ0n) is 16.6. The van der Waals surface area contributed by atoms with Crippen molar-refractivity contribution in [2.75, 3.05) is 5.32 Å². The first-order valence-corrected chi connectivity index (χ1v) is 10.8. The fraction of sp³-hybridized carbons (Fsp3) is 0.636. The van der Waals surface area contributed by atoms with Gasteiger partial charge in [0.25, 0.3) is 0 Å². The van der Waals surface area contributed by atoms with Crippen LogP contribution in [0.4, 0.5) is 5.69 Å². The van der Waals surface area contributed by atoms with Gasteiger partial charge in [-0.3, -0.25) is 9.59 Å². The average molecular weight is 376 g/mol. The van der Waals surface area contributed by atoms with Gasteiger partial charge >= 0.3 is 0 Å². The average Bonchev–Trinajstić information content (AvgIpc) is 2.62. The van der Waals surface area contributed by atoms with E-state index in [9.17, 15) is 9.59 Å². The molecule has 0 saturated heterocycles. The van der Waals surface area contributed by atoms with E-state index in [1.807, 2.05) is 38.1 Å².